The van der Waals surface area contributed by atoms with Gasteiger partial charge in [-0.25, -0.2) is 0 Å². The van der Waals surface area contributed by atoms with Gasteiger partial charge in [0.2, 0.25) is 0 Å². The summed E-state index contributed by atoms with van der Waals surface area (Å²) in [6.45, 7) is 1.83. The Morgan fingerprint density at radius 1 is 1.33 bits per heavy atom. The standard InChI is InChI=1S/C14H15F3N2O2/c1-9-6-11(19(2)18-9)8-13(20)10-4-3-5-12(7-10)21-14(15,16)17/h3-7,13,20H,8H2,1-2H3. The maximum Gasteiger partial charge on any atom is 0.573 e. The number of ether oxygens (including phenoxy) is 1. The number of halogens is 3. The van der Waals surface area contributed by atoms with E-state index in [4.69, 9.17) is 0 Å². The molecule has 1 heterocycles. The molecule has 7 heteroatoms. The number of hydrogen-bond donors (Lipinski definition) is 1. The first-order valence-corrected chi connectivity index (χ1v) is 6.28. The highest BCUT2D eigenvalue weighted by Crippen LogP contribution is 2.26. The lowest BCUT2D eigenvalue weighted by Gasteiger charge is -2.14. The van der Waals surface area contributed by atoms with Crippen LogP contribution in [0.15, 0.2) is 30.3 Å². The fourth-order valence-electron chi connectivity index (χ4n) is 2.09. The zero-order valence-electron chi connectivity index (χ0n) is 11.6. The Kier molecular flexibility index (Phi) is 4.22. The van der Waals surface area contributed by atoms with Gasteiger partial charge in [-0.2, -0.15) is 5.10 Å². The van der Waals surface area contributed by atoms with Crippen molar-refractivity contribution in [2.75, 3.05) is 0 Å². The third kappa shape index (κ3) is 4.22. The highest BCUT2D eigenvalue weighted by Gasteiger charge is 2.31. The van der Waals surface area contributed by atoms with E-state index in [1.807, 2.05) is 13.0 Å². The molecule has 1 unspecified atom stereocenters. The normalized spacial score (nSPS) is 13.2. The Hall–Kier alpha value is -2.02. The lowest BCUT2D eigenvalue weighted by atomic mass is 10.0. The SMILES string of the molecule is Cc1cc(CC(O)c2cccc(OC(F)(F)F)c2)n(C)n1. The van der Waals surface area contributed by atoms with Gasteiger partial charge in [-0.1, -0.05) is 12.1 Å². The number of aliphatic hydroxyl groups excluding tert-OH is 1. The molecule has 0 aliphatic carbocycles. The Bertz CT molecular complexity index is 623. The van der Waals surface area contributed by atoms with Crippen LogP contribution in [-0.4, -0.2) is 21.2 Å². The molecule has 0 saturated carbocycles. The predicted molar refractivity (Wildman–Crippen MR) is 69.7 cm³/mol. The second-order valence-corrected chi connectivity index (χ2v) is 4.74. The number of hydrogen-bond acceptors (Lipinski definition) is 3. The van der Waals surface area contributed by atoms with E-state index in [0.717, 1.165) is 11.4 Å². The molecule has 0 bridgehead atoms. The molecule has 0 aliphatic rings. The maximum absolute atomic E-state index is 12.2. The van der Waals surface area contributed by atoms with Crippen molar-refractivity contribution >= 4 is 0 Å². The minimum atomic E-state index is -4.75. The van der Waals surface area contributed by atoms with Crippen molar-refractivity contribution in [3.8, 4) is 5.75 Å². The smallest absolute Gasteiger partial charge is 0.406 e. The van der Waals surface area contributed by atoms with E-state index in [0.29, 0.717) is 5.56 Å². The summed E-state index contributed by atoms with van der Waals surface area (Å²) < 4.78 is 42.0. The minimum absolute atomic E-state index is 0.257. The van der Waals surface area contributed by atoms with Crippen LogP contribution >= 0.6 is 0 Å². The van der Waals surface area contributed by atoms with Gasteiger partial charge in [-0.05, 0) is 30.7 Å². The minimum Gasteiger partial charge on any atom is -0.406 e. The first-order valence-electron chi connectivity index (χ1n) is 6.28. The highest BCUT2D eigenvalue weighted by molar-refractivity contribution is 5.30. The van der Waals surface area contributed by atoms with Gasteiger partial charge >= 0.3 is 6.36 Å². The Morgan fingerprint density at radius 2 is 2.05 bits per heavy atom. The number of aromatic nitrogens is 2. The number of aryl methyl sites for hydroxylation is 2. The molecular weight excluding hydrogens is 285 g/mol. The van der Waals surface area contributed by atoms with Crippen LogP contribution in [0, 0.1) is 6.92 Å². The molecule has 0 radical (unpaired) electrons. The molecule has 0 saturated heterocycles. The van der Waals surface area contributed by atoms with Gasteiger partial charge in [0.05, 0.1) is 11.8 Å². The van der Waals surface area contributed by atoms with Crippen molar-refractivity contribution in [2.45, 2.75) is 25.8 Å². The summed E-state index contributed by atoms with van der Waals surface area (Å²) in [7, 11) is 1.75. The van der Waals surface area contributed by atoms with Gasteiger partial charge in [-0.15, -0.1) is 13.2 Å². The average molecular weight is 300 g/mol. The summed E-state index contributed by atoms with van der Waals surface area (Å²) in [5.41, 5.74) is 1.96. The van der Waals surface area contributed by atoms with E-state index >= 15 is 0 Å². The zero-order chi connectivity index (χ0) is 15.6. The lowest BCUT2D eigenvalue weighted by Crippen LogP contribution is -2.17. The number of rotatable bonds is 4. The number of nitrogens with zero attached hydrogens (tertiary/aromatic N) is 2. The van der Waals surface area contributed by atoms with Crippen LogP contribution in [0.2, 0.25) is 0 Å². The van der Waals surface area contributed by atoms with Crippen molar-refractivity contribution in [2.24, 2.45) is 7.05 Å². The van der Waals surface area contributed by atoms with Gasteiger partial charge in [0.15, 0.2) is 0 Å². The van der Waals surface area contributed by atoms with Crippen molar-refractivity contribution in [1.82, 2.24) is 9.78 Å². The largest absolute Gasteiger partial charge is 0.573 e. The monoisotopic (exact) mass is 300 g/mol. The second kappa shape index (κ2) is 5.77. The van der Waals surface area contributed by atoms with Crippen LogP contribution in [-0.2, 0) is 13.5 Å². The summed E-state index contributed by atoms with van der Waals surface area (Å²) in [5, 5.41) is 14.3. The van der Waals surface area contributed by atoms with Crippen LogP contribution in [0.5, 0.6) is 5.75 Å². The van der Waals surface area contributed by atoms with Gasteiger partial charge in [0.25, 0.3) is 0 Å². The number of benzene rings is 1. The van der Waals surface area contributed by atoms with E-state index in [1.165, 1.54) is 18.2 Å². The molecule has 4 nitrogen and oxygen atoms in total. The third-order valence-corrected chi connectivity index (χ3v) is 2.98. The summed E-state index contributed by atoms with van der Waals surface area (Å²) in [6, 6.07) is 7.16. The van der Waals surface area contributed by atoms with Crippen LogP contribution in [0.3, 0.4) is 0 Å². The quantitative estimate of drug-likeness (QED) is 0.944. The molecule has 2 rings (SSSR count). The summed E-state index contributed by atoms with van der Waals surface area (Å²) in [5.74, 6) is -0.347. The summed E-state index contributed by atoms with van der Waals surface area (Å²) in [4.78, 5) is 0. The molecule has 1 atom stereocenters. The van der Waals surface area contributed by atoms with Gasteiger partial charge in [0, 0.05) is 19.2 Å². The molecule has 0 aliphatic heterocycles. The predicted octanol–water partition coefficient (Wildman–Crippen LogP) is 2.90. The van der Waals surface area contributed by atoms with E-state index in [-0.39, 0.29) is 12.2 Å². The van der Waals surface area contributed by atoms with Gasteiger partial charge < -0.3 is 9.84 Å². The van der Waals surface area contributed by atoms with E-state index in [1.54, 1.807) is 17.8 Å². The number of aliphatic hydroxyl groups is 1. The van der Waals surface area contributed by atoms with Crippen molar-refractivity contribution in [3.05, 3.63) is 47.3 Å². The molecule has 0 spiro atoms. The molecule has 1 aromatic carbocycles. The Balaban J connectivity index is 2.14. The highest BCUT2D eigenvalue weighted by atomic mass is 19.4. The van der Waals surface area contributed by atoms with Gasteiger partial charge in [0.1, 0.15) is 5.75 Å². The molecule has 1 aromatic heterocycles. The Morgan fingerprint density at radius 3 is 2.62 bits per heavy atom. The van der Waals surface area contributed by atoms with Crippen molar-refractivity contribution in [1.29, 1.82) is 0 Å². The summed E-state index contributed by atoms with van der Waals surface area (Å²) >= 11 is 0. The van der Waals surface area contributed by atoms with Gasteiger partial charge in [-0.3, -0.25) is 4.68 Å². The molecule has 0 fully saturated rings. The third-order valence-electron chi connectivity index (χ3n) is 2.98. The van der Waals surface area contributed by atoms with Crippen molar-refractivity contribution < 1.29 is 23.0 Å². The molecule has 1 N–H and O–H groups in total. The van der Waals surface area contributed by atoms with Crippen molar-refractivity contribution in [3.63, 3.8) is 0 Å². The fourth-order valence-corrected chi connectivity index (χ4v) is 2.09. The van der Waals surface area contributed by atoms with Crippen LogP contribution in [0.1, 0.15) is 23.1 Å². The first-order chi connectivity index (χ1) is 9.74. The fraction of sp³-hybridized carbons (Fsp3) is 0.357. The Labute approximate surface area is 119 Å². The van der Waals surface area contributed by atoms with E-state index in [9.17, 15) is 18.3 Å². The first kappa shape index (κ1) is 15.4. The van der Waals surface area contributed by atoms with Crippen LogP contribution in [0.4, 0.5) is 13.2 Å². The zero-order valence-corrected chi connectivity index (χ0v) is 11.6. The molecule has 2 aromatic rings. The second-order valence-electron chi connectivity index (χ2n) is 4.74. The van der Waals surface area contributed by atoms with Crippen LogP contribution in [0.25, 0.3) is 0 Å². The summed E-state index contributed by atoms with van der Waals surface area (Å²) in [6.07, 6.45) is -5.42. The maximum atomic E-state index is 12.2. The number of alkyl halides is 3. The van der Waals surface area contributed by atoms with E-state index in [2.05, 4.69) is 9.84 Å². The van der Waals surface area contributed by atoms with Crippen LogP contribution < -0.4 is 4.74 Å². The molecule has 21 heavy (non-hydrogen) atoms. The molecular formula is C14H15F3N2O2. The topological polar surface area (TPSA) is 47.3 Å². The lowest BCUT2D eigenvalue weighted by molar-refractivity contribution is -0.274. The molecule has 114 valence electrons. The van der Waals surface area contributed by atoms with E-state index < -0.39 is 12.5 Å². The molecule has 0 amide bonds. The average Bonchev–Trinajstić information content (AvgIpc) is 2.66.